The molecule has 0 spiro atoms. The van der Waals surface area contributed by atoms with E-state index in [4.69, 9.17) is 9.47 Å². The molecular weight excluding hydrogens is 527 g/mol. The molecule has 0 unspecified atom stereocenters. The monoisotopic (exact) mass is 564 g/mol. The average molecular weight is 565 g/mol. The molecule has 1 aliphatic heterocycles. The van der Waals surface area contributed by atoms with Crippen molar-refractivity contribution in [1.82, 2.24) is 9.88 Å². The van der Waals surface area contributed by atoms with E-state index in [2.05, 4.69) is 15.2 Å². The molecule has 1 aromatic heterocycles. The Morgan fingerprint density at radius 1 is 0.902 bits per heavy atom. The zero-order valence-electron chi connectivity index (χ0n) is 24.4. The van der Waals surface area contributed by atoms with E-state index in [9.17, 15) is 18.8 Å². The number of carbonyl (C=O) groups excluding carboxylic acids is 3. The number of hydrogen-bond donors (Lipinski definition) is 1. The van der Waals surface area contributed by atoms with Crippen LogP contribution in [0, 0.1) is 5.82 Å². The van der Waals surface area contributed by atoms with Crippen molar-refractivity contribution >= 4 is 40.2 Å². The number of ether oxygens (including phenoxy) is 2. The lowest BCUT2D eigenvalue weighted by molar-refractivity contribution is 0.0240. The molecule has 1 N–H and O–H groups in total. The summed E-state index contributed by atoms with van der Waals surface area (Å²) in [5.41, 5.74) is 1.51. The van der Waals surface area contributed by atoms with E-state index in [1.165, 1.54) is 24.4 Å². The van der Waals surface area contributed by atoms with Crippen LogP contribution in [0.5, 0.6) is 0 Å². The van der Waals surface area contributed by atoms with E-state index in [0.717, 1.165) is 16.6 Å². The van der Waals surface area contributed by atoms with Gasteiger partial charge < -0.3 is 19.3 Å². The zero-order valence-corrected chi connectivity index (χ0v) is 24.4. The maximum Gasteiger partial charge on any atom is 0.412 e. The van der Waals surface area contributed by atoms with Crippen molar-refractivity contribution in [3.05, 3.63) is 65.6 Å². The summed E-state index contributed by atoms with van der Waals surface area (Å²) >= 11 is 0. The van der Waals surface area contributed by atoms with Gasteiger partial charge in [0, 0.05) is 55.4 Å². The van der Waals surface area contributed by atoms with Crippen LogP contribution in [-0.4, -0.2) is 65.2 Å². The third-order valence-corrected chi connectivity index (χ3v) is 6.34. The largest absolute Gasteiger partial charge is 0.444 e. The molecule has 1 aliphatic rings. The summed E-state index contributed by atoms with van der Waals surface area (Å²) in [6, 6.07) is 11.5. The Labute approximate surface area is 239 Å². The SMILES string of the molecule is CC(C)(C)OC(=O)Nc1cc(F)ccc1CC(=O)c1cnc2cc(N3CCN(C(=O)OC(C)(C)C)CC3)ccc2c1. The van der Waals surface area contributed by atoms with Gasteiger partial charge in [0.05, 0.1) is 11.2 Å². The van der Waals surface area contributed by atoms with Crippen LogP contribution >= 0.6 is 0 Å². The standard InChI is InChI=1S/C31H37FN4O5/c1-30(2,3)40-28(38)34-26-17-23(32)9-7-21(26)16-27(37)22-15-20-8-10-24(18-25(20)33-19-22)35-11-13-36(14-12-35)29(39)41-31(4,5)6/h7-10,15,17-19H,11-14,16H2,1-6H3,(H,34,38). The topological polar surface area (TPSA) is 101 Å². The number of fused-ring (bicyclic) bond motifs is 1. The zero-order chi connectivity index (χ0) is 29.9. The van der Waals surface area contributed by atoms with Gasteiger partial charge in [0.2, 0.25) is 0 Å². The summed E-state index contributed by atoms with van der Waals surface area (Å²) in [6.45, 7) is 13.2. The van der Waals surface area contributed by atoms with Gasteiger partial charge in [-0.2, -0.15) is 0 Å². The van der Waals surface area contributed by atoms with Crippen LogP contribution in [0.25, 0.3) is 10.9 Å². The van der Waals surface area contributed by atoms with Gasteiger partial charge in [-0.3, -0.25) is 15.1 Å². The van der Waals surface area contributed by atoms with Gasteiger partial charge in [0.15, 0.2) is 5.78 Å². The number of rotatable bonds is 5. The summed E-state index contributed by atoms with van der Waals surface area (Å²) < 4.78 is 24.7. The van der Waals surface area contributed by atoms with E-state index in [-0.39, 0.29) is 24.0 Å². The minimum Gasteiger partial charge on any atom is -0.444 e. The number of carbonyl (C=O) groups is 3. The van der Waals surface area contributed by atoms with Crippen molar-refractivity contribution in [3.8, 4) is 0 Å². The van der Waals surface area contributed by atoms with Gasteiger partial charge in [-0.25, -0.2) is 14.0 Å². The molecule has 4 rings (SSSR count). The number of amides is 2. The summed E-state index contributed by atoms with van der Waals surface area (Å²) in [4.78, 5) is 46.2. The number of aromatic nitrogens is 1. The molecule has 0 saturated carbocycles. The lowest BCUT2D eigenvalue weighted by atomic mass is 10.0. The maximum atomic E-state index is 13.9. The molecule has 3 aromatic rings. The number of anilines is 2. The van der Waals surface area contributed by atoms with Crippen LogP contribution in [-0.2, 0) is 15.9 Å². The van der Waals surface area contributed by atoms with Crippen molar-refractivity contribution in [2.24, 2.45) is 0 Å². The Balaban J connectivity index is 1.43. The predicted molar refractivity (Wildman–Crippen MR) is 156 cm³/mol. The van der Waals surface area contributed by atoms with Crippen molar-refractivity contribution in [2.75, 3.05) is 36.4 Å². The van der Waals surface area contributed by atoms with Gasteiger partial charge in [-0.1, -0.05) is 12.1 Å². The van der Waals surface area contributed by atoms with E-state index in [1.54, 1.807) is 31.7 Å². The maximum absolute atomic E-state index is 13.9. The molecule has 10 heteroatoms. The molecule has 9 nitrogen and oxygen atoms in total. The number of nitrogens with one attached hydrogen (secondary N) is 1. The quantitative estimate of drug-likeness (QED) is 0.368. The molecule has 218 valence electrons. The van der Waals surface area contributed by atoms with Crippen LogP contribution in [0.4, 0.5) is 25.4 Å². The first-order chi connectivity index (χ1) is 19.2. The third-order valence-electron chi connectivity index (χ3n) is 6.34. The number of nitrogens with zero attached hydrogens (tertiary/aromatic N) is 3. The second-order valence-electron chi connectivity index (χ2n) is 12.1. The molecule has 0 bridgehead atoms. The van der Waals surface area contributed by atoms with Crippen molar-refractivity contribution in [2.45, 2.75) is 59.2 Å². The lowest BCUT2D eigenvalue weighted by Gasteiger charge is -2.36. The normalized spacial score (nSPS) is 14.1. The number of hydrogen-bond acceptors (Lipinski definition) is 7. The van der Waals surface area contributed by atoms with Crippen molar-refractivity contribution in [1.29, 1.82) is 0 Å². The van der Waals surface area contributed by atoms with E-state index < -0.39 is 23.1 Å². The Bertz CT molecular complexity index is 1450. The Morgan fingerprint density at radius 3 is 2.24 bits per heavy atom. The second-order valence-corrected chi connectivity index (χ2v) is 12.1. The number of ketones is 1. The molecule has 1 fully saturated rings. The van der Waals surface area contributed by atoms with Gasteiger partial charge in [-0.05, 0) is 77.4 Å². The minimum absolute atomic E-state index is 0.0569. The third kappa shape index (κ3) is 8.15. The summed E-state index contributed by atoms with van der Waals surface area (Å²) in [5.74, 6) is -0.762. The highest BCUT2D eigenvalue weighted by atomic mass is 19.1. The molecule has 2 aromatic carbocycles. The molecule has 2 amide bonds. The molecule has 0 atom stereocenters. The molecule has 1 saturated heterocycles. The van der Waals surface area contributed by atoms with Crippen LogP contribution in [0.15, 0.2) is 48.7 Å². The van der Waals surface area contributed by atoms with Crippen molar-refractivity contribution in [3.63, 3.8) is 0 Å². The number of halogens is 1. The molecular formula is C31H37FN4O5. The smallest absolute Gasteiger partial charge is 0.412 e. The first-order valence-electron chi connectivity index (χ1n) is 13.6. The average Bonchev–Trinajstić information content (AvgIpc) is 2.87. The second kappa shape index (κ2) is 11.7. The minimum atomic E-state index is -0.730. The Morgan fingerprint density at radius 2 is 1.59 bits per heavy atom. The van der Waals surface area contributed by atoms with Crippen molar-refractivity contribution < 1.29 is 28.2 Å². The first-order valence-corrected chi connectivity index (χ1v) is 13.6. The number of Topliss-reactive ketones (excluding diaryl/α,β-unsaturated/α-hetero) is 1. The van der Waals surface area contributed by atoms with Gasteiger partial charge in [-0.15, -0.1) is 0 Å². The van der Waals surface area contributed by atoms with Crippen LogP contribution < -0.4 is 10.2 Å². The molecule has 41 heavy (non-hydrogen) atoms. The van der Waals surface area contributed by atoms with Crippen LogP contribution in [0.3, 0.4) is 0 Å². The molecule has 0 radical (unpaired) electrons. The van der Waals surface area contributed by atoms with E-state index in [0.29, 0.717) is 37.3 Å². The van der Waals surface area contributed by atoms with Gasteiger partial charge >= 0.3 is 12.2 Å². The molecule has 0 aliphatic carbocycles. The van der Waals surface area contributed by atoms with Gasteiger partial charge in [0.1, 0.15) is 17.0 Å². The predicted octanol–water partition coefficient (Wildman–Crippen LogP) is 6.20. The summed E-state index contributed by atoms with van der Waals surface area (Å²) in [6.07, 6.45) is 0.437. The molecule has 2 heterocycles. The Hall–Kier alpha value is -4.21. The summed E-state index contributed by atoms with van der Waals surface area (Å²) in [5, 5.41) is 3.35. The lowest BCUT2D eigenvalue weighted by Crippen LogP contribution is -2.50. The highest BCUT2D eigenvalue weighted by Crippen LogP contribution is 2.25. The fourth-order valence-electron chi connectivity index (χ4n) is 4.44. The van der Waals surface area contributed by atoms with Crippen LogP contribution in [0.1, 0.15) is 57.5 Å². The highest BCUT2D eigenvalue weighted by molar-refractivity contribution is 6.01. The fraction of sp³-hybridized carbons (Fsp3) is 0.419. The van der Waals surface area contributed by atoms with Crippen LogP contribution in [0.2, 0.25) is 0 Å². The number of pyridine rings is 1. The highest BCUT2D eigenvalue weighted by Gasteiger charge is 2.26. The number of benzene rings is 2. The van der Waals surface area contributed by atoms with E-state index >= 15 is 0 Å². The Kier molecular flexibility index (Phi) is 8.51. The van der Waals surface area contributed by atoms with Gasteiger partial charge in [0.25, 0.3) is 0 Å². The summed E-state index contributed by atoms with van der Waals surface area (Å²) in [7, 11) is 0. The first kappa shape index (κ1) is 29.8. The number of piperazine rings is 1. The van der Waals surface area contributed by atoms with E-state index in [1.807, 2.05) is 39.0 Å². The fourth-order valence-corrected chi connectivity index (χ4v) is 4.44.